The molecule has 0 heterocycles. The molecule has 2 aromatic carbocycles. The molecule has 2 aromatic rings. The first-order valence-electron chi connectivity index (χ1n) is 6.99. The minimum atomic E-state index is -0.0464. The zero-order valence-corrected chi connectivity index (χ0v) is 12.8. The molecular weight excluding hydrogens is 284 g/mol. The van der Waals surface area contributed by atoms with Gasteiger partial charge >= 0.3 is 0 Å². The Morgan fingerprint density at radius 1 is 1.19 bits per heavy atom. The van der Waals surface area contributed by atoms with Crippen molar-refractivity contribution in [2.75, 3.05) is 12.3 Å². The molecule has 0 saturated heterocycles. The van der Waals surface area contributed by atoms with Crippen LogP contribution in [0.25, 0.3) is 0 Å². The zero-order valence-electron chi connectivity index (χ0n) is 12.1. The molecule has 0 aromatic heterocycles. The first kappa shape index (κ1) is 15.4. The minimum Gasteiger partial charge on any atom is -0.399 e. The van der Waals surface area contributed by atoms with Crippen molar-refractivity contribution in [3.63, 3.8) is 0 Å². The minimum absolute atomic E-state index is 0.0464. The van der Waals surface area contributed by atoms with E-state index >= 15 is 0 Å². The number of nitrogen functional groups attached to an aromatic ring is 1. The summed E-state index contributed by atoms with van der Waals surface area (Å²) in [6.07, 6.45) is 0.897. The molecule has 0 bridgehead atoms. The number of halogens is 1. The number of amides is 1. The maximum Gasteiger partial charge on any atom is 0.254 e. The van der Waals surface area contributed by atoms with Gasteiger partial charge in [0.05, 0.1) is 0 Å². The molecule has 2 rings (SSSR count). The second-order valence-electron chi connectivity index (χ2n) is 4.99. The summed E-state index contributed by atoms with van der Waals surface area (Å²) in [7, 11) is 0. The molecule has 0 aliphatic rings. The summed E-state index contributed by atoms with van der Waals surface area (Å²) in [6, 6.07) is 14.9. The fourth-order valence-electron chi connectivity index (χ4n) is 2.24. The SMILES string of the molecule is CCCN(Cc1ccccc1)C(=O)c1cc(N)cc(Cl)c1. The third-order valence-corrected chi connectivity index (χ3v) is 3.38. The Morgan fingerprint density at radius 3 is 2.52 bits per heavy atom. The highest BCUT2D eigenvalue weighted by atomic mass is 35.5. The quantitative estimate of drug-likeness (QED) is 0.849. The summed E-state index contributed by atoms with van der Waals surface area (Å²) in [6.45, 7) is 3.33. The molecule has 21 heavy (non-hydrogen) atoms. The van der Waals surface area contributed by atoms with Crippen LogP contribution in [0.3, 0.4) is 0 Å². The standard InChI is InChI=1S/C17H19ClN2O/c1-2-8-20(12-13-6-4-3-5-7-13)17(21)14-9-15(18)11-16(19)10-14/h3-7,9-11H,2,8,12,19H2,1H3. The van der Waals surface area contributed by atoms with Crippen molar-refractivity contribution in [3.05, 3.63) is 64.7 Å². The van der Waals surface area contributed by atoms with Gasteiger partial charge in [-0.25, -0.2) is 0 Å². The summed E-state index contributed by atoms with van der Waals surface area (Å²) < 4.78 is 0. The second-order valence-corrected chi connectivity index (χ2v) is 5.42. The Kier molecular flexibility index (Phi) is 5.23. The van der Waals surface area contributed by atoms with E-state index in [1.54, 1.807) is 18.2 Å². The Hall–Kier alpha value is -2.00. The van der Waals surface area contributed by atoms with Gasteiger partial charge in [0, 0.05) is 29.4 Å². The smallest absolute Gasteiger partial charge is 0.254 e. The average molecular weight is 303 g/mol. The Morgan fingerprint density at radius 2 is 1.90 bits per heavy atom. The number of carbonyl (C=O) groups is 1. The summed E-state index contributed by atoms with van der Waals surface area (Å²) in [5.41, 5.74) is 7.91. The predicted octanol–water partition coefficient (Wildman–Crippen LogP) is 3.97. The topological polar surface area (TPSA) is 46.3 Å². The molecule has 110 valence electrons. The van der Waals surface area contributed by atoms with Crippen LogP contribution < -0.4 is 5.73 Å². The number of hydrogen-bond acceptors (Lipinski definition) is 2. The first-order valence-corrected chi connectivity index (χ1v) is 7.37. The molecule has 0 radical (unpaired) electrons. The van der Waals surface area contributed by atoms with Gasteiger partial charge < -0.3 is 10.6 Å². The summed E-state index contributed by atoms with van der Waals surface area (Å²) in [5, 5.41) is 0.481. The Bertz CT molecular complexity index is 593. The summed E-state index contributed by atoms with van der Waals surface area (Å²) in [5.74, 6) is -0.0464. The largest absolute Gasteiger partial charge is 0.399 e. The fourth-order valence-corrected chi connectivity index (χ4v) is 2.49. The Balaban J connectivity index is 2.22. The van der Waals surface area contributed by atoms with Gasteiger partial charge in [0.2, 0.25) is 0 Å². The molecule has 3 nitrogen and oxygen atoms in total. The van der Waals surface area contributed by atoms with Crippen molar-refractivity contribution in [3.8, 4) is 0 Å². The molecule has 4 heteroatoms. The second kappa shape index (κ2) is 7.14. The lowest BCUT2D eigenvalue weighted by Gasteiger charge is -2.22. The number of anilines is 1. The van der Waals surface area contributed by atoms with E-state index in [1.165, 1.54) is 0 Å². The van der Waals surface area contributed by atoms with E-state index in [0.717, 1.165) is 12.0 Å². The van der Waals surface area contributed by atoms with Crippen LogP contribution in [0.4, 0.5) is 5.69 Å². The third kappa shape index (κ3) is 4.23. The highest BCUT2D eigenvalue weighted by Gasteiger charge is 2.16. The predicted molar refractivity (Wildman–Crippen MR) is 87.3 cm³/mol. The van der Waals surface area contributed by atoms with Gasteiger partial charge in [-0.15, -0.1) is 0 Å². The van der Waals surface area contributed by atoms with Crippen molar-refractivity contribution in [1.82, 2.24) is 4.90 Å². The van der Waals surface area contributed by atoms with E-state index in [1.807, 2.05) is 35.2 Å². The maximum atomic E-state index is 12.7. The lowest BCUT2D eigenvalue weighted by atomic mass is 10.1. The van der Waals surface area contributed by atoms with Crippen molar-refractivity contribution in [2.24, 2.45) is 0 Å². The molecule has 0 spiro atoms. The van der Waals surface area contributed by atoms with Crippen molar-refractivity contribution in [1.29, 1.82) is 0 Å². The lowest BCUT2D eigenvalue weighted by Crippen LogP contribution is -2.31. The molecule has 0 fully saturated rings. The number of nitrogens with zero attached hydrogens (tertiary/aromatic N) is 1. The fraction of sp³-hybridized carbons (Fsp3) is 0.235. The number of carbonyl (C=O) groups excluding carboxylic acids is 1. The van der Waals surface area contributed by atoms with E-state index in [9.17, 15) is 4.79 Å². The normalized spacial score (nSPS) is 10.4. The van der Waals surface area contributed by atoms with Crippen LogP contribution in [0.2, 0.25) is 5.02 Å². The van der Waals surface area contributed by atoms with Gasteiger partial charge in [-0.3, -0.25) is 4.79 Å². The number of benzene rings is 2. The number of rotatable bonds is 5. The monoisotopic (exact) mass is 302 g/mol. The van der Waals surface area contributed by atoms with E-state index < -0.39 is 0 Å². The zero-order chi connectivity index (χ0) is 15.2. The van der Waals surface area contributed by atoms with Crippen LogP contribution in [0, 0.1) is 0 Å². The Labute approximate surface area is 130 Å². The van der Waals surface area contributed by atoms with Crippen LogP contribution in [-0.2, 0) is 6.54 Å². The first-order chi connectivity index (χ1) is 10.1. The van der Waals surface area contributed by atoms with Crippen molar-refractivity contribution >= 4 is 23.2 Å². The van der Waals surface area contributed by atoms with Crippen LogP contribution in [0.1, 0.15) is 29.3 Å². The van der Waals surface area contributed by atoms with Crippen molar-refractivity contribution in [2.45, 2.75) is 19.9 Å². The van der Waals surface area contributed by atoms with Gasteiger partial charge in [0.25, 0.3) is 5.91 Å². The summed E-state index contributed by atoms with van der Waals surface area (Å²) in [4.78, 5) is 14.5. The van der Waals surface area contributed by atoms with E-state index in [-0.39, 0.29) is 5.91 Å². The van der Waals surface area contributed by atoms with Crippen LogP contribution in [0.15, 0.2) is 48.5 Å². The maximum absolute atomic E-state index is 12.7. The van der Waals surface area contributed by atoms with Gasteiger partial charge in [-0.2, -0.15) is 0 Å². The van der Waals surface area contributed by atoms with E-state index in [2.05, 4.69) is 6.92 Å². The van der Waals surface area contributed by atoms with Gasteiger partial charge in [0.15, 0.2) is 0 Å². The summed E-state index contributed by atoms with van der Waals surface area (Å²) >= 11 is 5.99. The molecule has 0 unspecified atom stereocenters. The number of hydrogen-bond donors (Lipinski definition) is 1. The molecule has 0 saturated carbocycles. The van der Waals surface area contributed by atoms with Gasteiger partial charge in [0.1, 0.15) is 0 Å². The van der Waals surface area contributed by atoms with E-state index in [4.69, 9.17) is 17.3 Å². The van der Waals surface area contributed by atoms with Crippen LogP contribution in [-0.4, -0.2) is 17.4 Å². The van der Waals surface area contributed by atoms with Gasteiger partial charge in [-0.1, -0.05) is 48.9 Å². The molecule has 2 N–H and O–H groups in total. The average Bonchev–Trinajstić information content (AvgIpc) is 2.46. The third-order valence-electron chi connectivity index (χ3n) is 3.16. The highest BCUT2D eigenvalue weighted by Crippen LogP contribution is 2.19. The molecule has 0 atom stereocenters. The van der Waals surface area contributed by atoms with Crippen LogP contribution in [0.5, 0.6) is 0 Å². The van der Waals surface area contributed by atoms with Crippen LogP contribution >= 0.6 is 11.6 Å². The van der Waals surface area contributed by atoms with E-state index in [0.29, 0.717) is 29.4 Å². The van der Waals surface area contributed by atoms with Crippen molar-refractivity contribution < 1.29 is 4.79 Å². The number of nitrogens with two attached hydrogens (primary N) is 1. The molecule has 0 aliphatic carbocycles. The lowest BCUT2D eigenvalue weighted by molar-refractivity contribution is 0.0743. The van der Waals surface area contributed by atoms with Gasteiger partial charge in [-0.05, 0) is 30.2 Å². The molecular formula is C17H19ClN2O. The molecule has 0 aliphatic heterocycles. The molecule has 1 amide bonds. The highest BCUT2D eigenvalue weighted by molar-refractivity contribution is 6.31.